The van der Waals surface area contributed by atoms with E-state index < -0.39 is 9.84 Å². The van der Waals surface area contributed by atoms with Crippen LogP contribution in [-0.4, -0.2) is 58.1 Å². The zero-order valence-electron chi connectivity index (χ0n) is 14.2. The van der Waals surface area contributed by atoms with Gasteiger partial charge in [0, 0.05) is 32.5 Å². The molecule has 0 bridgehead atoms. The van der Waals surface area contributed by atoms with Crippen LogP contribution in [0.5, 0.6) is 0 Å². The Kier molecular flexibility index (Phi) is 5.22. The highest BCUT2D eigenvalue weighted by Gasteiger charge is 2.31. The number of hydrogen-bond donors (Lipinski definition) is 0. The molecular formula is C16H26N4O3S. The highest BCUT2D eigenvalue weighted by Crippen LogP contribution is 2.27. The summed E-state index contributed by atoms with van der Waals surface area (Å²) in [4.78, 5) is 14.3. The Labute approximate surface area is 143 Å². The number of sulfone groups is 1. The molecule has 0 radical (unpaired) electrons. The van der Waals surface area contributed by atoms with Crippen LogP contribution in [-0.2, 0) is 21.7 Å². The van der Waals surface area contributed by atoms with Gasteiger partial charge in [0.15, 0.2) is 9.84 Å². The zero-order chi connectivity index (χ0) is 17.2. The van der Waals surface area contributed by atoms with E-state index in [1.54, 1.807) is 11.2 Å². The minimum atomic E-state index is -3.13. The SMILES string of the molecule is Cn1cnnc1[C@@H]1CCCN(C(=O)CCS(=O)(=O)C2CCCC2)C1. The van der Waals surface area contributed by atoms with E-state index in [2.05, 4.69) is 10.2 Å². The molecule has 1 amide bonds. The van der Waals surface area contributed by atoms with Crippen molar-refractivity contribution in [2.24, 2.45) is 7.05 Å². The molecule has 1 aliphatic carbocycles. The molecule has 24 heavy (non-hydrogen) atoms. The molecule has 1 saturated heterocycles. The van der Waals surface area contributed by atoms with Crippen molar-refractivity contribution in [1.82, 2.24) is 19.7 Å². The first-order valence-corrected chi connectivity index (χ1v) is 10.5. The van der Waals surface area contributed by atoms with Gasteiger partial charge in [0.2, 0.25) is 5.91 Å². The van der Waals surface area contributed by atoms with Crippen molar-refractivity contribution in [2.45, 2.75) is 56.1 Å². The fourth-order valence-corrected chi connectivity index (χ4v) is 5.72. The van der Waals surface area contributed by atoms with Crippen LogP contribution in [0.1, 0.15) is 56.7 Å². The molecular weight excluding hydrogens is 328 g/mol. The Morgan fingerprint density at radius 2 is 2.00 bits per heavy atom. The number of rotatable bonds is 5. The molecule has 0 aromatic carbocycles. The summed E-state index contributed by atoms with van der Waals surface area (Å²) in [5.41, 5.74) is 0. The average Bonchev–Trinajstić information content (AvgIpc) is 3.24. The topological polar surface area (TPSA) is 85.2 Å². The highest BCUT2D eigenvalue weighted by molar-refractivity contribution is 7.92. The standard InChI is InChI=1S/C16H26N4O3S/c1-19-12-17-18-16(19)13-5-4-9-20(11-13)15(21)8-10-24(22,23)14-6-2-3-7-14/h12-14H,2-11H2,1H3/t13-/m1/s1. The molecule has 2 heterocycles. The minimum absolute atomic E-state index is 0.0123. The predicted molar refractivity (Wildman–Crippen MR) is 90.2 cm³/mol. The first kappa shape index (κ1) is 17.4. The molecule has 0 spiro atoms. The van der Waals surface area contributed by atoms with Crippen LogP contribution in [0.4, 0.5) is 0 Å². The Bertz CT molecular complexity index is 679. The summed E-state index contributed by atoms with van der Waals surface area (Å²) in [6.45, 7) is 1.31. The zero-order valence-corrected chi connectivity index (χ0v) is 15.0. The number of carbonyl (C=O) groups is 1. The molecule has 8 heteroatoms. The lowest BCUT2D eigenvalue weighted by molar-refractivity contribution is -0.132. The van der Waals surface area contributed by atoms with E-state index >= 15 is 0 Å². The molecule has 2 fully saturated rings. The van der Waals surface area contributed by atoms with Gasteiger partial charge in [0.25, 0.3) is 0 Å². The van der Waals surface area contributed by atoms with Gasteiger partial charge in [0.05, 0.1) is 11.0 Å². The van der Waals surface area contributed by atoms with Crippen molar-refractivity contribution in [3.63, 3.8) is 0 Å². The summed E-state index contributed by atoms with van der Waals surface area (Å²) in [7, 11) is -1.22. The average molecular weight is 354 g/mol. The Balaban J connectivity index is 1.56. The molecule has 3 rings (SSSR count). The molecule has 1 saturated carbocycles. The molecule has 2 aliphatic rings. The lowest BCUT2D eigenvalue weighted by Gasteiger charge is -2.32. The summed E-state index contributed by atoms with van der Waals surface area (Å²) in [6.07, 6.45) is 7.17. The van der Waals surface area contributed by atoms with Gasteiger partial charge in [0.1, 0.15) is 12.2 Å². The number of aryl methyl sites for hydroxylation is 1. The second-order valence-electron chi connectivity index (χ2n) is 7.00. The van der Waals surface area contributed by atoms with Crippen LogP contribution in [0.15, 0.2) is 6.33 Å². The van der Waals surface area contributed by atoms with Gasteiger partial charge in [-0.1, -0.05) is 12.8 Å². The van der Waals surface area contributed by atoms with Crippen molar-refractivity contribution in [3.05, 3.63) is 12.2 Å². The van der Waals surface area contributed by atoms with Crippen LogP contribution >= 0.6 is 0 Å². The fraction of sp³-hybridized carbons (Fsp3) is 0.812. The fourth-order valence-electron chi connectivity index (χ4n) is 3.88. The maximum Gasteiger partial charge on any atom is 0.223 e. The lowest BCUT2D eigenvalue weighted by atomic mass is 9.97. The van der Waals surface area contributed by atoms with Gasteiger partial charge in [-0.2, -0.15) is 0 Å². The van der Waals surface area contributed by atoms with Gasteiger partial charge >= 0.3 is 0 Å². The van der Waals surface area contributed by atoms with E-state index in [1.807, 2.05) is 11.6 Å². The maximum absolute atomic E-state index is 12.5. The van der Waals surface area contributed by atoms with E-state index in [0.29, 0.717) is 13.1 Å². The van der Waals surface area contributed by atoms with Gasteiger partial charge in [-0.05, 0) is 25.7 Å². The van der Waals surface area contributed by atoms with Crippen molar-refractivity contribution in [1.29, 1.82) is 0 Å². The Morgan fingerprint density at radius 1 is 1.25 bits per heavy atom. The third-order valence-electron chi connectivity index (χ3n) is 5.30. The maximum atomic E-state index is 12.5. The Morgan fingerprint density at radius 3 is 2.67 bits per heavy atom. The number of likely N-dealkylation sites (tertiary alicyclic amines) is 1. The van der Waals surface area contributed by atoms with Gasteiger partial charge in [-0.25, -0.2) is 8.42 Å². The van der Waals surface area contributed by atoms with Gasteiger partial charge < -0.3 is 9.47 Å². The number of carbonyl (C=O) groups excluding carboxylic acids is 1. The number of piperidine rings is 1. The van der Waals surface area contributed by atoms with Crippen LogP contribution in [0.3, 0.4) is 0 Å². The van der Waals surface area contributed by atoms with Gasteiger partial charge in [-0.15, -0.1) is 10.2 Å². The lowest BCUT2D eigenvalue weighted by Crippen LogP contribution is -2.40. The van der Waals surface area contributed by atoms with Crippen LogP contribution < -0.4 is 0 Å². The molecule has 7 nitrogen and oxygen atoms in total. The van der Waals surface area contributed by atoms with Crippen molar-refractivity contribution in [3.8, 4) is 0 Å². The number of aromatic nitrogens is 3. The molecule has 0 unspecified atom stereocenters. The first-order valence-electron chi connectivity index (χ1n) is 8.80. The molecule has 1 aromatic rings. The summed E-state index contributed by atoms with van der Waals surface area (Å²) < 4.78 is 26.5. The summed E-state index contributed by atoms with van der Waals surface area (Å²) in [6, 6.07) is 0. The summed E-state index contributed by atoms with van der Waals surface area (Å²) in [5, 5.41) is 7.84. The van der Waals surface area contributed by atoms with E-state index in [-0.39, 0.29) is 29.2 Å². The normalized spacial score (nSPS) is 22.9. The first-order chi connectivity index (χ1) is 11.5. The second-order valence-corrected chi connectivity index (χ2v) is 9.40. The predicted octanol–water partition coefficient (Wildman–Crippen LogP) is 1.27. The van der Waals surface area contributed by atoms with Crippen LogP contribution in [0.2, 0.25) is 0 Å². The van der Waals surface area contributed by atoms with Gasteiger partial charge in [-0.3, -0.25) is 4.79 Å². The molecule has 134 valence electrons. The van der Waals surface area contributed by atoms with E-state index in [9.17, 15) is 13.2 Å². The number of amides is 1. The van der Waals surface area contributed by atoms with E-state index in [4.69, 9.17) is 0 Å². The van der Waals surface area contributed by atoms with Crippen molar-refractivity contribution < 1.29 is 13.2 Å². The Hall–Kier alpha value is -1.44. The monoisotopic (exact) mass is 354 g/mol. The van der Waals surface area contributed by atoms with E-state index in [1.165, 1.54) is 0 Å². The third kappa shape index (κ3) is 3.79. The quantitative estimate of drug-likeness (QED) is 0.795. The van der Waals surface area contributed by atoms with Crippen molar-refractivity contribution >= 4 is 15.7 Å². The smallest absolute Gasteiger partial charge is 0.223 e. The highest BCUT2D eigenvalue weighted by atomic mass is 32.2. The molecule has 1 aromatic heterocycles. The summed E-state index contributed by atoms with van der Waals surface area (Å²) >= 11 is 0. The van der Waals surface area contributed by atoms with Crippen LogP contribution in [0, 0.1) is 0 Å². The number of nitrogens with zero attached hydrogens (tertiary/aromatic N) is 4. The third-order valence-corrected chi connectivity index (χ3v) is 7.56. The van der Waals surface area contributed by atoms with Crippen LogP contribution in [0.25, 0.3) is 0 Å². The van der Waals surface area contributed by atoms with Crippen molar-refractivity contribution in [2.75, 3.05) is 18.8 Å². The minimum Gasteiger partial charge on any atom is -0.342 e. The molecule has 0 N–H and O–H groups in total. The molecule has 1 aliphatic heterocycles. The summed E-state index contributed by atoms with van der Waals surface area (Å²) in [5.74, 6) is 1.01. The number of hydrogen-bond acceptors (Lipinski definition) is 5. The largest absolute Gasteiger partial charge is 0.342 e. The van der Waals surface area contributed by atoms with E-state index in [0.717, 1.165) is 44.3 Å². The molecule has 1 atom stereocenters. The second kappa shape index (κ2) is 7.21.